The molecule has 0 saturated heterocycles. The molecule has 2 heterocycles. The molecule has 1 fully saturated rings. The lowest BCUT2D eigenvalue weighted by Gasteiger charge is -2.24. The number of hydrogen-bond donors (Lipinski definition) is 0. The third-order valence-electron chi connectivity index (χ3n) is 6.19. The zero-order valence-corrected chi connectivity index (χ0v) is 19.9. The molecular formula is C24H30ClF2N5O. The molecule has 9 heteroatoms. The van der Waals surface area contributed by atoms with E-state index in [9.17, 15) is 0 Å². The van der Waals surface area contributed by atoms with Crippen LogP contribution in [-0.2, 0) is 0 Å². The Labute approximate surface area is 197 Å². The first-order chi connectivity index (χ1) is 16.0. The Morgan fingerprint density at radius 3 is 2.39 bits per heavy atom. The summed E-state index contributed by atoms with van der Waals surface area (Å²) in [5, 5.41) is 4.36. The number of benzene rings is 1. The predicted octanol–water partition coefficient (Wildman–Crippen LogP) is 5.88. The normalized spacial score (nSPS) is 15.7. The van der Waals surface area contributed by atoms with Gasteiger partial charge in [-0.3, -0.25) is 0 Å². The van der Waals surface area contributed by atoms with E-state index in [2.05, 4.69) is 15.1 Å². The summed E-state index contributed by atoms with van der Waals surface area (Å²) in [5.74, 6) is -0.903. The van der Waals surface area contributed by atoms with Crippen molar-refractivity contribution in [2.24, 2.45) is 0 Å². The van der Waals surface area contributed by atoms with Crippen LogP contribution in [0, 0.1) is 11.6 Å². The lowest BCUT2D eigenvalue weighted by Crippen LogP contribution is -2.15. The van der Waals surface area contributed by atoms with Gasteiger partial charge in [0.1, 0.15) is 28.9 Å². The van der Waals surface area contributed by atoms with Gasteiger partial charge in [-0.15, -0.1) is 0 Å². The number of halogens is 3. The molecule has 3 aromatic rings. The Morgan fingerprint density at radius 2 is 1.73 bits per heavy atom. The number of aromatic nitrogens is 4. The molecule has 1 aromatic carbocycles. The Hall–Kier alpha value is -2.32. The highest BCUT2D eigenvalue weighted by Crippen LogP contribution is 2.42. The Kier molecular flexibility index (Phi) is 7.75. The number of nitrogens with zero attached hydrogens (tertiary/aromatic N) is 5. The molecule has 1 saturated carbocycles. The highest BCUT2D eigenvalue weighted by molar-refractivity contribution is 6.32. The van der Waals surface area contributed by atoms with Crippen LogP contribution in [0.25, 0.3) is 16.9 Å². The van der Waals surface area contributed by atoms with Crippen molar-refractivity contribution in [2.75, 3.05) is 27.2 Å². The zero-order valence-electron chi connectivity index (χ0n) is 19.2. The molecule has 0 amide bonds. The van der Waals surface area contributed by atoms with Gasteiger partial charge in [-0.1, -0.05) is 43.7 Å². The molecule has 0 unspecified atom stereocenters. The third-order valence-corrected chi connectivity index (χ3v) is 6.47. The van der Waals surface area contributed by atoms with Gasteiger partial charge in [0.25, 0.3) is 5.78 Å². The van der Waals surface area contributed by atoms with Crippen LogP contribution in [0.2, 0.25) is 5.15 Å². The zero-order chi connectivity index (χ0) is 23.4. The quantitative estimate of drug-likeness (QED) is 0.314. The SMILES string of the molecule is CN(C)CCCOc1cc(F)c(-c2c(Cl)nc3ncnn3c2C2CCCCCCC2)c(F)c1. The fourth-order valence-corrected chi connectivity index (χ4v) is 4.88. The van der Waals surface area contributed by atoms with E-state index in [1.165, 1.54) is 24.9 Å². The fraction of sp³-hybridized carbons (Fsp3) is 0.542. The van der Waals surface area contributed by atoms with E-state index >= 15 is 8.78 Å². The molecule has 6 nitrogen and oxygen atoms in total. The van der Waals surface area contributed by atoms with Crippen LogP contribution in [-0.4, -0.2) is 51.7 Å². The molecule has 33 heavy (non-hydrogen) atoms. The molecule has 0 atom stereocenters. The molecule has 0 radical (unpaired) electrons. The average molecular weight is 478 g/mol. The largest absolute Gasteiger partial charge is 0.493 e. The van der Waals surface area contributed by atoms with Crippen LogP contribution in [0.4, 0.5) is 8.78 Å². The first-order valence-corrected chi connectivity index (χ1v) is 12.0. The Morgan fingerprint density at radius 1 is 1.06 bits per heavy atom. The van der Waals surface area contributed by atoms with E-state index in [0.29, 0.717) is 18.1 Å². The van der Waals surface area contributed by atoms with Crippen molar-refractivity contribution >= 4 is 17.4 Å². The number of ether oxygens (including phenoxy) is 1. The van der Waals surface area contributed by atoms with E-state index in [-0.39, 0.29) is 27.9 Å². The molecule has 1 aliphatic rings. The van der Waals surface area contributed by atoms with Crippen LogP contribution in [0.5, 0.6) is 5.75 Å². The molecule has 2 aromatic heterocycles. The van der Waals surface area contributed by atoms with Crippen LogP contribution in [0.3, 0.4) is 0 Å². The van der Waals surface area contributed by atoms with Crippen LogP contribution >= 0.6 is 11.6 Å². The summed E-state index contributed by atoms with van der Waals surface area (Å²) in [6.07, 6.45) is 9.55. The smallest absolute Gasteiger partial charge is 0.253 e. The first-order valence-electron chi connectivity index (χ1n) is 11.6. The van der Waals surface area contributed by atoms with E-state index < -0.39 is 11.6 Å². The van der Waals surface area contributed by atoms with Gasteiger partial charge in [-0.05, 0) is 33.4 Å². The topological polar surface area (TPSA) is 55.5 Å². The molecule has 0 aliphatic heterocycles. The lowest BCUT2D eigenvalue weighted by molar-refractivity contribution is 0.279. The van der Waals surface area contributed by atoms with Gasteiger partial charge in [0.15, 0.2) is 0 Å². The summed E-state index contributed by atoms with van der Waals surface area (Å²) in [4.78, 5) is 10.5. The molecule has 0 N–H and O–H groups in total. The summed E-state index contributed by atoms with van der Waals surface area (Å²) in [6.45, 7) is 1.20. The molecule has 178 valence electrons. The van der Waals surface area contributed by atoms with Crippen molar-refractivity contribution in [3.8, 4) is 16.9 Å². The van der Waals surface area contributed by atoms with Crippen molar-refractivity contribution in [3.63, 3.8) is 0 Å². The first kappa shape index (κ1) is 23.8. The molecule has 0 spiro atoms. The second-order valence-electron chi connectivity index (χ2n) is 8.94. The van der Waals surface area contributed by atoms with Crippen molar-refractivity contribution in [2.45, 2.75) is 57.3 Å². The van der Waals surface area contributed by atoms with Gasteiger partial charge in [0, 0.05) is 30.2 Å². The van der Waals surface area contributed by atoms with Crippen molar-refractivity contribution in [1.29, 1.82) is 0 Å². The van der Waals surface area contributed by atoms with Gasteiger partial charge in [-0.25, -0.2) is 13.3 Å². The Bertz CT molecular complexity index is 1070. The number of rotatable bonds is 7. The van der Waals surface area contributed by atoms with Crippen LogP contribution in [0.1, 0.15) is 63.0 Å². The highest BCUT2D eigenvalue weighted by atomic mass is 35.5. The molecule has 0 bridgehead atoms. The minimum absolute atomic E-state index is 0.0324. The van der Waals surface area contributed by atoms with E-state index in [1.54, 1.807) is 4.52 Å². The summed E-state index contributed by atoms with van der Waals surface area (Å²) >= 11 is 6.55. The number of hydrogen-bond acceptors (Lipinski definition) is 5. The monoisotopic (exact) mass is 477 g/mol. The minimum atomic E-state index is -0.729. The number of fused-ring (bicyclic) bond motifs is 1. The highest BCUT2D eigenvalue weighted by Gasteiger charge is 2.28. The average Bonchev–Trinajstić information content (AvgIpc) is 3.19. The second-order valence-corrected chi connectivity index (χ2v) is 9.30. The summed E-state index contributed by atoms with van der Waals surface area (Å²) in [6, 6.07) is 2.44. The maximum Gasteiger partial charge on any atom is 0.253 e. The fourth-order valence-electron chi connectivity index (χ4n) is 4.62. The van der Waals surface area contributed by atoms with E-state index in [0.717, 1.165) is 51.5 Å². The minimum Gasteiger partial charge on any atom is -0.493 e. The maximum atomic E-state index is 15.4. The van der Waals surface area contributed by atoms with Crippen molar-refractivity contribution in [1.82, 2.24) is 24.5 Å². The Balaban J connectivity index is 1.75. The van der Waals surface area contributed by atoms with E-state index in [4.69, 9.17) is 16.3 Å². The standard InChI is InChI=1S/C24H30ClF2N5O/c1-31(2)11-8-12-33-17-13-18(26)20(19(27)14-17)21-22(16-9-6-4-3-5-7-10-16)32-24(28-15-29-32)30-23(21)25/h13-16H,3-12H2,1-2H3. The second kappa shape index (κ2) is 10.7. The van der Waals surface area contributed by atoms with Gasteiger partial charge < -0.3 is 9.64 Å². The molecular weight excluding hydrogens is 448 g/mol. The van der Waals surface area contributed by atoms with Gasteiger partial charge in [0.05, 0.1) is 17.9 Å². The van der Waals surface area contributed by atoms with Crippen molar-refractivity contribution < 1.29 is 13.5 Å². The summed E-state index contributed by atoms with van der Waals surface area (Å²) in [5.41, 5.74) is 0.749. The lowest BCUT2D eigenvalue weighted by atomic mass is 9.85. The molecule has 1 aliphatic carbocycles. The van der Waals surface area contributed by atoms with Gasteiger partial charge in [-0.2, -0.15) is 15.1 Å². The predicted molar refractivity (Wildman–Crippen MR) is 125 cm³/mol. The van der Waals surface area contributed by atoms with Crippen molar-refractivity contribution in [3.05, 3.63) is 40.9 Å². The van der Waals surface area contributed by atoms with Gasteiger partial charge in [0.2, 0.25) is 0 Å². The van der Waals surface area contributed by atoms with Gasteiger partial charge >= 0.3 is 0 Å². The van der Waals surface area contributed by atoms with Crippen LogP contribution < -0.4 is 4.74 Å². The third kappa shape index (κ3) is 5.44. The maximum absolute atomic E-state index is 15.4. The van der Waals surface area contributed by atoms with Crippen LogP contribution in [0.15, 0.2) is 18.5 Å². The molecule has 4 rings (SSSR count). The summed E-state index contributed by atoms with van der Waals surface area (Å²) < 4.78 is 37.9. The van der Waals surface area contributed by atoms with E-state index in [1.807, 2.05) is 19.0 Å². The summed E-state index contributed by atoms with van der Waals surface area (Å²) in [7, 11) is 3.93.